The van der Waals surface area contributed by atoms with E-state index in [9.17, 15) is 8.42 Å². The van der Waals surface area contributed by atoms with Crippen LogP contribution in [0.4, 0.5) is 5.69 Å². The summed E-state index contributed by atoms with van der Waals surface area (Å²) < 4.78 is 27.5. The van der Waals surface area contributed by atoms with Gasteiger partial charge in [-0.1, -0.05) is 18.2 Å². The van der Waals surface area contributed by atoms with Gasteiger partial charge in [0.1, 0.15) is 0 Å². The van der Waals surface area contributed by atoms with Gasteiger partial charge >= 0.3 is 0 Å². The Morgan fingerprint density at radius 2 is 2.05 bits per heavy atom. The van der Waals surface area contributed by atoms with Gasteiger partial charge in [0.15, 0.2) is 0 Å². The fourth-order valence-corrected chi connectivity index (χ4v) is 4.85. The van der Waals surface area contributed by atoms with Crippen LogP contribution in [-0.4, -0.2) is 38.5 Å². The number of benzene rings is 1. The lowest BCUT2D eigenvalue weighted by Crippen LogP contribution is -2.42. The highest BCUT2D eigenvalue weighted by Crippen LogP contribution is 2.28. The second-order valence-electron chi connectivity index (χ2n) is 5.72. The number of nitrogen functional groups attached to an aromatic ring is 1. The Bertz CT molecular complexity index is 588. The maximum Gasteiger partial charge on any atom is 0.216 e. The minimum Gasteiger partial charge on any atom is -0.398 e. The average Bonchev–Trinajstić information content (AvgIpc) is 2.97. The Kier molecular flexibility index (Phi) is 3.70. The van der Waals surface area contributed by atoms with Crippen LogP contribution in [-0.2, 0) is 15.8 Å². The largest absolute Gasteiger partial charge is 0.398 e. The molecule has 0 saturated carbocycles. The molecule has 0 spiro atoms. The molecule has 0 amide bonds. The summed E-state index contributed by atoms with van der Waals surface area (Å²) in [6.07, 6.45) is 3.18. The van der Waals surface area contributed by atoms with E-state index in [1.54, 1.807) is 12.1 Å². The van der Waals surface area contributed by atoms with Gasteiger partial charge in [-0.25, -0.2) is 13.1 Å². The molecule has 2 atom stereocenters. The monoisotopic (exact) mass is 295 g/mol. The number of nitrogens with one attached hydrogen (secondary N) is 1. The highest BCUT2D eigenvalue weighted by Gasteiger charge is 2.38. The van der Waals surface area contributed by atoms with Crippen molar-refractivity contribution in [3.8, 4) is 0 Å². The number of rotatable bonds is 4. The molecule has 2 unspecified atom stereocenters. The predicted octanol–water partition coefficient (Wildman–Crippen LogP) is 0.925. The van der Waals surface area contributed by atoms with Crippen molar-refractivity contribution < 1.29 is 8.42 Å². The molecule has 20 heavy (non-hydrogen) atoms. The van der Waals surface area contributed by atoms with E-state index in [0.29, 0.717) is 17.3 Å². The molecule has 2 aliphatic heterocycles. The van der Waals surface area contributed by atoms with Gasteiger partial charge in [0.2, 0.25) is 10.0 Å². The number of hydrogen-bond donors (Lipinski definition) is 2. The Balaban J connectivity index is 1.69. The molecule has 0 aromatic heterocycles. The highest BCUT2D eigenvalue weighted by atomic mass is 32.2. The zero-order valence-electron chi connectivity index (χ0n) is 11.5. The van der Waals surface area contributed by atoms with E-state index >= 15 is 0 Å². The number of fused-ring (bicyclic) bond motifs is 1. The third kappa shape index (κ3) is 2.82. The van der Waals surface area contributed by atoms with Gasteiger partial charge in [-0.3, -0.25) is 4.90 Å². The standard InChI is InChI=1S/C14H21N3O2S/c15-12-5-2-1-4-11(12)10-20(18,19)16-13-7-9-17-8-3-6-14(13)17/h1-2,4-5,13-14,16H,3,6-10,15H2. The van der Waals surface area contributed by atoms with Crippen LogP contribution in [0.25, 0.3) is 0 Å². The van der Waals surface area contributed by atoms with Crippen LogP contribution in [0, 0.1) is 0 Å². The van der Waals surface area contributed by atoms with E-state index < -0.39 is 10.0 Å². The molecule has 0 aliphatic carbocycles. The van der Waals surface area contributed by atoms with Gasteiger partial charge in [-0.05, 0) is 37.4 Å². The highest BCUT2D eigenvalue weighted by molar-refractivity contribution is 7.88. The van der Waals surface area contributed by atoms with E-state index in [2.05, 4.69) is 9.62 Å². The maximum atomic E-state index is 12.3. The summed E-state index contributed by atoms with van der Waals surface area (Å²) in [5, 5.41) is 0. The molecule has 3 rings (SSSR count). The quantitative estimate of drug-likeness (QED) is 0.810. The predicted molar refractivity (Wildman–Crippen MR) is 79.6 cm³/mol. The van der Waals surface area contributed by atoms with Crippen molar-refractivity contribution in [3.63, 3.8) is 0 Å². The molecular weight excluding hydrogens is 274 g/mol. The summed E-state index contributed by atoms with van der Waals surface area (Å²) in [5.41, 5.74) is 7.02. The summed E-state index contributed by atoms with van der Waals surface area (Å²) in [6, 6.07) is 7.58. The van der Waals surface area contributed by atoms with Gasteiger partial charge in [0.05, 0.1) is 5.75 Å². The SMILES string of the molecule is Nc1ccccc1CS(=O)(=O)NC1CCN2CCCC12. The van der Waals surface area contributed by atoms with E-state index in [-0.39, 0.29) is 11.8 Å². The van der Waals surface area contributed by atoms with E-state index in [1.165, 1.54) is 6.42 Å². The molecule has 0 radical (unpaired) electrons. The fraction of sp³-hybridized carbons (Fsp3) is 0.571. The molecule has 2 heterocycles. The molecule has 1 aromatic carbocycles. The van der Waals surface area contributed by atoms with Crippen LogP contribution >= 0.6 is 0 Å². The third-order valence-electron chi connectivity index (χ3n) is 4.34. The molecule has 2 aliphatic rings. The minimum atomic E-state index is -3.34. The second kappa shape index (κ2) is 5.35. The van der Waals surface area contributed by atoms with Gasteiger partial charge in [-0.15, -0.1) is 0 Å². The minimum absolute atomic E-state index is 0.0388. The number of nitrogens with two attached hydrogens (primary N) is 1. The molecule has 6 heteroatoms. The number of nitrogens with zero attached hydrogens (tertiary/aromatic N) is 1. The van der Waals surface area contributed by atoms with Crippen LogP contribution in [0.5, 0.6) is 0 Å². The first-order chi connectivity index (χ1) is 9.55. The van der Waals surface area contributed by atoms with Crippen molar-refractivity contribution in [1.29, 1.82) is 0 Å². The number of anilines is 1. The zero-order chi connectivity index (χ0) is 14.2. The zero-order valence-corrected chi connectivity index (χ0v) is 12.3. The van der Waals surface area contributed by atoms with Crippen LogP contribution in [0.1, 0.15) is 24.8 Å². The summed E-state index contributed by atoms with van der Waals surface area (Å²) in [7, 11) is -3.34. The van der Waals surface area contributed by atoms with Crippen molar-refractivity contribution in [1.82, 2.24) is 9.62 Å². The first-order valence-corrected chi connectivity index (χ1v) is 8.78. The molecule has 0 bridgehead atoms. The first-order valence-electron chi connectivity index (χ1n) is 7.12. The van der Waals surface area contributed by atoms with E-state index in [0.717, 1.165) is 25.9 Å². The lowest BCUT2D eigenvalue weighted by atomic mass is 10.1. The molecule has 110 valence electrons. The summed E-state index contributed by atoms with van der Waals surface area (Å²) in [5.74, 6) is -0.0388. The molecule has 2 fully saturated rings. The van der Waals surface area contributed by atoms with Crippen molar-refractivity contribution >= 4 is 15.7 Å². The van der Waals surface area contributed by atoms with Crippen LogP contribution in [0.2, 0.25) is 0 Å². The molecule has 3 N–H and O–H groups in total. The smallest absolute Gasteiger partial charge is 0.216 e. The molecule has 2 saturated heterocycles. The van der Waals surface area contributed by atoms with Crippen LogP contribution in [0.15, 0.2) is 24.3 Å². The van der Waals surface area contributed by atoms with Crippen molar-refractivity contribution in [2.75, 3.05) is 18.8 Å². The summed E-state index contributed by atoms with van der Waals surface area (Å²) in [4.78, 5) is 2.39. The Morgan fingerprint density at radius 1 is 1.25 bits per heavy atom. The summed E-state index contributed by atoms with van der Waals surface area (Å²) in [6.45, 7) is 2.11. The van der Waals surface area contributed by atoms with E-state index in [4.69, 9.17) is 5.73 Å². The fourth-order valence-electron chi connectivity index (χ4n) is 3.36. The number of para-hydroxylation sites is 1. The lowest BCUT2D eigenvalue weighted by Gasteiger charge is -2.21. The van der Waals surface area contributed by atoms with Gasteiger partial charge in [-0.2, -0.15) is 0 Å². The van der Waals surface area contributed by atoms with Gasteiger partial charge < -0.3 is 5.73 Å². The Morgan fingerprint density at radius 3 is 2.85 bits per heavy atom. The summed E-state index contributed by atoms with van der Waals surface area (Å²) >= 11 is 0. The van der Waals surface area contributed by atoms with Gasteiger partial charge in [0.25, 0.3) is 0 Å². The van der Waals surface area contributed by atoms with Crippen molar-refractivity contribution in [2.24, 2.45) is 0 Å². The maximum absolute atomic E-state index is 12.3. The van der Waals surface area contributed by atoms with Crippen LogP contribution in [0.3, 0.4) is 0 Å². The van der Waals surface area contributed by atoms with Crippen molar-refractivity contribution in [3.05, 3.63) is 29.8 Å². The van der Waals surface area contributed by atoms with E-state index in [1.807, 2.05) is 12.1 Å². The molecule has 5 nitrogen and oxygen atoms in total. The third-order valence-corrected chi connectivity index (χ3v) is 5.69. The normalized spacial score (nSPS) is 26.8. The second-order valence-corrected chi connectivity index (χ2v) is 7.47. The molecule has 1 aromatic rings. The topological polar surface area (TPSA) is 75.4 Å². The first kappa shape index (κ1) is 13.9. The van der Waals surface area contributed by atoms with Gasteiger partial charge in [0, 0.05) is 24.3 Å². The lowest BCUT2D eigenvalue weighted by molar-refractivity contribution is 0.309. The van der Waals surface area contributed by atoms with Crippen LogP contribution < -0.4 is 10.5 Å². The number of hydrogen-bond acceptors (Lipinski definition) is 4. The Hall–Kier alpha value is -1.11. The average molecular weight is 295 g/mol. The van der Waals surface area contributed by atoms with Crippen molar-refractivity contribution in [2.45, 2.75) is 37.1 Å². The number of sulfonamides is 1. The molecular formula is C14H21N3O2S. The Labute approximate surface area is 120 Å².